The molecule has 21 heavy (non-hydrogen) atoms. The molecule has 0 saturated heterocycles. The maximum atomic E-state index is 8.83. The number of ether oxygens (including phenoxy) is 2. The third kappa shape index (κ3) is 4.86. The molecule has 1 aromatic rings. The molecular formula is C16H26N2O3. The van der Waals surface area contributed by atoms with Gasteiger partial charge in [-0.1, -0.05) is 6.42 Å². The van der Waals surface area contributed by atoms with E-state index >= 15 is 0 Å². The van der Waals surface area contributed by atoms with Gasteiger partial charge in [0.05, 0.1) is 6.61 Å². The lowest BCUT2D eigenvalue weighted by Gasteiger charge is -2.21. The van der Waals surface area contributed by atoms with Crippen LogP contribution >= 0.6 is 0 Å². The lowest BCUT2D eigenvalue weighted by Crippen LogP contribution is -2.16. The number of pyridine rings is 1. The van der Waals surface area contributed by atoms with E-state index in [0.29, 0.717) is 13.2 Å². The normalized spacial score (nSPS) is 13.6. The van der Waals surface area contributed by atoms with Crippen LogP contribution in [0.2, 0.25) is 0 Å². The second-order valence-electron chi connectivity index (χ2n) is 5.34. The monoisotopic (exact) mass is 294 g/mol. The van der Waals surface area contributed by atoms with Gasteiger partial charge < -0.3 is 19.9 Å². The quantitative estimate of drug-likeness (QED) is 0.683. The lowest BCUT2D eigenvalue weighted by atomic mass is 10.0. The van der Waals surface area contributed by atoms with Crippen molar-refractivity contribution in [1.29, 1.82) is 0 Å². The average Bonchev–Trinajstić information content (AvgIpc) is 2.52. The number of aryl methyl sites for hydroxylation is 1. The predicted octanol–water partition coefficient (Wildman–Crippen LogP) is 2.17. The van der Waals surface area contributed by atoms with Crippen molar-refractivity contribution in [1.82, 2.24) is 4.98 Å². The fraction of sp³-hybridized carbons (Fsp3) is 0.688. The first-order valence-electron chi connectivity index (χ1n) is 7.84. The van der Waals surface area contributed by atoms with Crippen LogP contribution in [-0.2, 0) is 17.6 Å². The third-order valence-corrected chi connectivity index (χ3v) is 3.67. The molecule has 1 aromatic heterocycles. The van der Waals surface area contributed by atoms with Crippen LogP contribution in [0.4, 0.5) is 5.82 Å². The first-order valence-corrected chi connectivity index (χ1v) is 7.84. The molecule has 0 unspecified atom stereocenters. The first-order chi connectivity index (χ1) is 10.3. The zero-order valence-corrected chi connectivity index (χ0v) is 12.9. The van der Waals surface area contributed by atoms with Gasteiger partial charge in [0.1, 0.15) is 18.2 Å². The Morgan fingerprint density at radius 3 is 3.00 bits per heavy atom. The second kappa shape index (κ2) is 8.85. The van der Waals surface area contributed by atoms with E-state index in [0.717, 1.165) is 62.3 Å². The van der Waals surface area contributed by atoms with E-state index in [9.17, 15) is 0 Å². The van der Waals surface area contributed by atoms with Crippen LogP contribution in [0.25, 0.3) is 0 Å². The first kappa shape index (κ1) is 16.0. The third-order valence-electron chi connectivity index (χ3n) is 3.67. The Bertz CT molecular complexity index is 438. The second-order valence-corrected chi connectivity index (χ2v) is 5.34. The molecule has 0 saturated carbocycles. The van der Waals surface area contributed by atoms with Crippen molar-refractivity contribution >= 4 is 5.82 Å². The maximum absolute atomic E-state index is 8.83. The Labute approximate surface area is 126 Å². The van der Waals surface area contributed by atoms with Crippen molar-refractivity contribution in [2.75, 3.05) is 38.8 Å². The van der Waals surface area contributed by atoms with Gasteiger partial charge in [-0.15, -0.1) is 0 Å². The van der Waals surface area contributed by atoms with Crippen LogP contribution in [0.15, 0.2) is 6.07 Å². The van der Waals surface area contributed by atoms with Gasteiger partial charge >= 0.3 is 0 Å². The maximum Gasteiger partial charge on any atom is 0.133 e. The van der Waals surface area contributed by atoms with Crippen molar-refractivity contribution in [3.05, 3.63) is 17.3 Å². The summed E-state index contributed by atoms with van der Waals surface area (Å²) >= 11 is 0. The number of rotatable bonds is 9. The van der Waals surface area contributed by atoms with Gasteiger partial charge in [0.15, 0.2) is 0 Å². The van der Waals surface area contributed by atoms with E-state index in [1.807, 2.05) is 0 Å². The number of unbranched alkanes of at least 4 members (excludes halogenated alkanes) is 2. The van der Waals surface area contributed by atoms with Crippen molar-refractivity contribution < 1.29 is 14.6 Å². The highest BCUT2D eigenvalue weighted by molar-refractivity contribution is 5.54. The fourth-order valence-electron chi connectivity index (χ4n) is 2.54. The summed E-state index contributed by atoms with van der Waals surface area (Å²) < 4.78 is 10.9. The summed E-state index contributed by atoms with van der Waals surface area (Å²) in [6, 6.07) is 2.07. The van der Waals surface area contributed by atoms with Gasteiger partial charge in [-0.3, -0.25) is 0 Å². The molecule has 0 atom stereocenters. The standard InChI is InChI=1S/C16H26N2O3/c1-20-10-11-21-15-12-13(6-3-2-4-9-19)18-16-14(15)7-5-8-17-16/h12,19H,2-11H2,1H3,(H,17,18). The Balaban J connectivity index is 2.05. The molecule has 2 rings (SSSR count). The largest absolute Gasteiger partial charge is 0.491 e. The molecule has 0 aromatic carbocycles. The zero-order valence-electron chi connectivity index (χ0n) is 12.9. The van der Waals surface area contributed by atoms with Crippen molar-refractivity contribution in [3.63, 3.8) is 0 Å². The molecule has 2 N–H and O–H groups in total. The van der Waals surface area contributed by atoms with E-state index in [4.69, 9.17) is 19.6 Å². The van der Waals surface area contributed by atoms with Crippen LogP contribution in [0, 0.1) is 0 Å². The van der Waals surface area contributed by atoms with E-state index in [1.165, 1.54) is 5.56 Å². The minimum atomic E-state index is 0.268. The Morgan fingerprint density at radius 1 is 1.29 bits per heavy atom. The summed E-state index contributed by atoms with van der Waals surface area (Å²) in [6.45, 7) is 2.41. The molecule has 118 valence electrons. The summed E-state index contributed by atoms with van der Waals surface area (Å²) in [5.41, 5.74) is 2.25. The number of aromatic nitrogens is 1. The van der Waals surface area contributed by atoms with E-state index in [2.05, 4.69) is 11.4 Å². The molecule has 0 fully saturated rings. The van der Waals surface area contributed by atoms with Crippen molar-refractivity contribution in [2.45, 2.75) is 38.5 Å². The van der Waals surface area contributed by atoms with Gasteiger partial charge in [-0.25, -0.2) is 4.98 Å². The average molecular weight is 294 g/mol. The highest BCUT2D eigenvalue weighted by Crippen LogP contribution is 2.30. The molecule has 0 radical (unpaired) electrons. The summed E-state index contributed by atoms with van der Waals surface area (Å²) in [7, 11) is 1.68. The molecule has 1 aliphatic heterocycles. The van der Waals surface area contributed by atoms with Crippen LogP contribution in [0.3, 0.4) is 0 Å². The van der Waals surface area contributed by atoms with Crippen LogP contribution in [-0.4, -0.2) is 43.6 Å². The number of aliphatic hydroxyl groups is 1. The van der Waals surface area contributed by atoms with Gasteiger partial charge in [0, 0.05) is 37.6 Å². The van der Waals surface area contributed by atoms with Crippen LogP contribution < -0.4 is 10.1 Å². The zero-order chi connectivity index (χ0) is 14.9. The number of nitrogens with one attached hydrogen (secondary N) is 1. The molecule has 1 aliphatic rings. The minimum Gasteiger partial charge on any atom is -0.491 e. The Kier molecular flexibility index (Phi) is 6.76. The number of methoxy groups -OCH3 is 1. The van der Waals surface area contributed by atoms with E-state index in [1.54, 1.807) is 7.11 Å². The topological polar surface area (TPSA) is 63.6 Å². The van der Waals surface area contributed by atoms with Crippen LogP contribution in [0.5, 0.6) is 5.75 Å². The lowest BCUT2D eigenvalue weighted by molar-refractivity contribution is 0.145. The van der Waals surface area contributed by atoms with Crippen molar-refractivity contribution in [2.24, 2.45) is 0 Å². The summed E-state index contributed by atoms with van der Waals surface area (Å²) in [4.78, 5) is 4.71. The molecule has 0 aliphatic carbocycles. The van der Waals surface area contributed by atoms with Crippen molar-refractivity contribution in [3.8, 4) is 5.75 Å². The fourth-order valence-corrected chi connectivity index (χ4v) is 2.54. The van der Waals surface area contributed by atoms with Gasteiger partial charge in [-0.2, -0.15) is 0 Å². The number of hydrogen-bond donors (Lipinski definition) is 2. The molecular weight excluding hydrogens is 268 g/mol. The SMILES string of the molecule is COCCOc1cc(CCCCCO)nc2c1CCCN2. The summed E-state index contributed by atoms with van der Waals surface area (Å²) in [6.07, 6.45) is 6.00. The molecule has 0 amide bonds. The number of nitrogens with zero attached hydrogens (tertiary/aromatic N) is 1. The number of aliphatic hydroxyl groups excluding tert-OH is 1. The molecule has 5 nitrogen and oxygen atoms in total. The number of anilines is 1. The van der Waals surface area contributed by atoms with E-state index < -0.39 is 0 Å². The highest BCUT2D eigenvalue weighted by atomic mass is 16.5. The summed E-state index contributed by atoms with van der Waals surface area (Å²) in [5, 5.41) is 12.2. The predicted molar refractivity (Wildman–Crippen MR) is 83.1 cm³/mol. The minimum absolute atomic E-state index is 0.268. The van der Waals surface area contributed by atoms with Crippen LogP contribution in [0.1, 0.15) is 36.9 Å². The highest BCUT2D eigenvalue weighted by Gasteiger charge is 2.17. The Hall–Kier alpha value is -1.33. The van der Waals surface area contributed by atoms with Gasteiger partial charge in [0.25, 0.3) is 0 Å². The smallest absolute Gasteiger partial charge is 0.133 e. The molecule has 0 spiro atoms. The summed E-state index contributed by atoms with van der Waals surface area (Å²) in [5.74, 6) is 1.93. The number of hydrogen-bond acceptors (Lipinski definition) is 5. The Morgan fingerprint density at radius 2 is 2.19 bits per heavy atom. The molecule has 0 bridgehead atoms. The van der Waals surface area contributed by atoms with Gasteiger partial charge in [-0.05, 0) is 32.1 Å². The molecule has 5 heteroatoms. The van der Waals surface area contributed by atoms with E-state index in [-0.39, 0.29) is 6.61 Å². The van der Waals surface area contributed by atoms with Gasteiger partial charge in [0.2, 0.25) is 0 Å². The number of fused-ring (bicyclic) bond motifs is 1. The molecule has 2 heterocycles.